The Hall–Kier alpha value is -2.98. The van der Waals surface area contributed by atoms with E-state index in [-0.39, 0.29) is 5.56 Å². The fourth-order valence-corrected chi connectivity index (χ4v) is 6.07. The Bertz CT molecular complexity index is 1340. The molecule has 0 saturated carbocycles. The van der Waals surface area contributed by atoms with Crippen LogP contribution < -0.4 is 5.56 Å². The molecule has 4 heteroatoms. The van der Waals surface area contributed by atoms with Gasteiger partial charge in [-0.15, -0.1) is 11.3 Å². The lowest BCUT2D eigenvalue weighted by molar-refractivity contribution is 0.699. The van der Waals surface area contributed by atoms with Crippen LogP contribution in [0.5, 0.6) is 0 Å². The first-order chi connectivity index (χ1) is 14.3. The first-order valence-corrected chi connectivity index (χ1v) is 11.0. The number of thiophene rings is 1. The zero-order chi connectivity index (χ0) is 19.4. The quantitative estimate of drug-likeness (QED) is 0.386. The van der Waals surface area contributed by atoms with E-state index in [4.69, 9.17) is 0 Å². The Labute approximate surface area is 173 Å². The molecule has 0 N–H and O–H groups in total. The molecule has 1 aliphatic carbocycles. The summed E-state index contributed by atoms with van der Waals surface area (Å²) < 4.78 is 2.27. The van der Waals surface area contributed by atoms with Crippen molar-refractivity contribution in [2.24, 2.45) is 0 Å². The SMILES string of the molecule is O=c1nc2n(c3sc4c(c13)CCCC4)Cc1ccccc1C2=Cc1ccccc1. The Morgan fingerprint density at radius 1 is 0.966 bits per heavy atom. The van der Waals surface area contributed by atoms with Crippen LogP contribution >= 0.6 is 11.3 Å². The predicted octanol–water partition coefficient (Wildman–Crippen LogP) is 5.29. The second-order valence-electron chi connectivity index (χ2n) is 7.84. The van der Waals surface area contributed by atoms with Crippen molar-refractivity contribution in [2.75, 3.05) is 0 Å². The molecule has 2 aromatic heterocycles. The summed E-state index contributed by atoms with van der Waals surface area (Å²) in [4.78, 5) is 20.3. The monoisotopic (exact) mass is 396 g/mol. The highest BCUT2D eigenvalue weighted by atomic mass is 32.1. The highest BCUT2D eigenvalue weighted by molar-refractivity contribution is 7.18. The van der Waals surface area contributed by atoms with Gasteiger partial charge in [0.2, 0.25) is 0 Å². The number of hydrogen-bond acceptors (Lipinski definition) is 3. The highest BCUT2D eigenvalue weighted by Crippen LogP contribution is 2.39. The van der Waals surface area contributed by atoms with Crippen LogP contribution in [0.2, 0.25) is 0 Å². The fraction of sp³-hybridized carbons (Fsp3) is 0.200. The molecule has 0 atom stereocenters. The van der Waals surface area contributed by atoms with E-state index in [0.717, 1.165) is 46.6 Å². The third kappa shape index (κ3) is 2.63. The Morgan fingerprint density at radius 3 is 2.66 bits per heavy atom. The minimum absolute atomic E-state index is 0.0657. The molecule has 1 aliphatic heterocycles. The van der Waals surface area contributed by atoms with Crippen LogP contribution in [0.4, 0.5) is 0 Å². The molecular formula is C25H20N2OS. The van der Waals surface area contributed by atoms with Crippen LogP contribution in [0, 0.1) is 0 Å². The van der Waals surface area contributed by atoms with Gasteiger partial charge in [0.1, 0.15) is 10.7 Å². The molecule has 2 aromatic carbocycles. The molecule has 0 unspecified atom stereocenters. The van der Waals surface area contributed by atoms with Crippen molar-refractivity contribution in [2.45, 2.75) is 32.2 Å². The van der Waals surface area contributed by atoms with E-state index in [1.807, 2.05) is 29.5 Å². The summed E-state index contributed by atoms with van der Waals surface area (Å²) >= 11 is 1.81. The molecule has 142 valence electrons. The van der Waals surface area contributed by atoms with Gasteiger partial charge in [-0.05, 0) is 54.0 Å². The van der Waals surface area contributed by atoms with Gasteiger partial charge in [-0.3, -0.25) is 4.79 Å². The molecule has 3 nitrogen and oxygen atoms in total. The first kappa shape index (κ1) is 16.9. The summed E-state index contributed by atoms with van der Waals surface area (Å²) in [6.45, 7) is 0.765. The second kappa shape index (κ2) is 6.53. The summed E-state index contributed by atoms with van der Waals surface area (Å²) in [5, 5.41) is 0.867. The number of rotatable bonds is 1. The highest BCUT2D eigenvalue weighted by Gasteiger charge is 2.27. The lowest BCUT2D eigenvalue weighted by atomic mass is 9.93. The van der Waals surface area contributed by atoms with Gasteiger partial charge in [0.25, 0.3) is 5.56 Å². The number of aromatic nitrogens is 2. The number of benzene rings is 2. The minimum Gasteiger partial charge on any atom is -0.312 e. The number of hydrogen-bond donors (Lipinski definition) is 0. The van der Waals surface area contributed by atoms with E-state index < -0.39 is 0 Å². The third-order valence-electron chi connectivity index (χ3n) is 6.06. The maximum Gasteiger partial charge on any atom is 0.282 e. The van der Waals surface area contributed by atoms with E-state index in [0.29, 0.717) is 0 Å². The molecule has 2 aliphatic rings. The molecule has 0 bridgehead atoms. The topological polar surface area (TPSA) is 34.9 Å². The van der Waals surface area contributed by atoms with Crippen LogP contribution in [0.1, 0.15) is 45.8 Å². The van der Waals surface area contributed by atoms with E-state index in [2.05, 4.69) is 52.0 Å². The maximum atomic E-state index is 13.1. The van der Waals surface area contributed by atoms with E-state index in [9.17, 15) is 4.79 Å². The zero-order valence-corrected chi connectivity index (χ0v) is 16.8. The van der Waals surface area contributed by atoms with Gasteiger partial charge in [0.05, 0.1) is 11.9 Å². The molecule has 6 rings (SSSR count). The van der Waals surface area contributed by atoms with Crippen LogP contribution in [0.15, 0.2) is 59.4 Å². The van der Waals surface area contributed by atoms with Gasteiger partial charge in [-0.2, -0.15) is 4.98 Å². The molecule has 0 saturated heterocycles. The summed E-state index contributed by atoms with van der Waals surface area (Å²) in [6, 6.07) is 18.8. The summed E-state index contributed by atoms with van der Waals surface area (Å²) in [6.07, 6.45) is 6.65. The van der Waals surface area contributed by atoms with Crippen molar-refractivity contribution in [3.63, 3.8) is 0 Å². The van der Waals surface area contributed by atoms with Gasteiger partial charge in [0, 0.05) is 10.5 Å². The number of fused-ring (bicyclic) bond motifs is 6. The summed E-state index contributed by atoms with van der Waals surface area (Å²) in [7, 11) is 0. The van der Waals surface area contributed by atoms with Crippen LogP contribution in [0.25, 0.3) is 21.9 Å². The van der Waals surface area contributed by atoms with Gasteiger partial charge in [-0.1, -0.05) is 54.6 Å². The molecule has 0 spiro atoms. The normalized spacial score (nSPS) is 16.5. The summed E-state index contributed by atoms with van der Waals surface area (Å²) in [5.41, 5.74) is 5.79. The minimum atomic E-state index is -0.0657. The molecule has 0 amide bonds. The maximum absolute atomic E-state index is 13.1. The van der Waals surface area contributed by atoms with Crippen molar-refractivity contribution in [1.29, 1.82) is 0 Å². The van der Waals surface area contributed by atoms with Gasteiger partial charge in [-0.25, -0.2) is 0 Å². The van der Waals surface area contributed by atoms with Crippen molar-refractivity contribution in [3.8, 4) is 0 Å². The fourth-order valence-electron chi connectivity index (χ4n) is 4.69. The smallest absolute Gasteiger partial charge is 0.282 e. The summed E-state index contributed by atoms with van der Waals surface area (Å²) in [5.74, 6) is 0.795. The van der Waals surface area contributed by atoms with Crippen molar-refractivity contribution in [1.82, 2.24) is 9.55 Å². The van der Waals surface area contributed by atoms with Gasteiger partial charge < -0.3 is 4.57 Å². The van der Waals surface area contributed by atoms with Crippen molar-refractivity contribution < 1.29 is 0 Å². The van der Waals surface area contributed by atoms with Gasteiger partial charge in [0.15, 0.2) is 0 Å². The molecule has 4 aromatic rings. The van der Waals surface area contributed by atoms with Crippen LogP contribution in [-0.4, -0.2) is 9.55 Å². The predicted molar refractivity (Wildman–Crippen MR) is 119 cm³/mol. The molecular weight excluding hydrogens is 376 g/mol. The van der Waals surface area contributed by atoms with E-state index >= 15 is 0 Å². The first-order valence-electron chi connectivity index (χ1n) is 10.2. The molecule has 0 radical (unpaired) electrons. The number of aryl methyl sites for hydroxylation is 2. The Morgan fingerprint density at radius 2 is 1.76 bits per heavy atom. The number of nitrogens with zero attached hydrogens (tertiary/aromatic N) is 2. The Kier molecular flexibility index (Phi) is 3.81. The standard InChI is InChI=1S/C25H20N2OS/c28-24-22-19-12-6-7-13-21(19)29-25(22)27-15-17-10-4-5-11-18(17)20(23(27)26-24)14-16-8-2-1-3-9-16/h1-5,8-11,14H,6-7,12-13,15H2. The molecule has 3 heterocycles. The lowest BCUT2D eigenvalue weighted by Crippen LogP contribution is -2.23. The third-order valence-corrected chi connectivity index (χ3v) is 7.38. The van der Waals surface area contributed by atoms with E-state index in [1.54, 1.807) is 0 Å². The lowest BCUT2D eigenvalue weighted by Gasteiger charge is -2.24. The van der Waals surface area contributed by atoms with Crippen LogP contribution in [-0.2, 0) is 19.4 Å². The van der Waals surface area contributed by atoms with Crippen molar-refractivity contribution in [3.05, 3.63) is 97.9 Å². The Balaban J connectivity index is 1.67. The molecule has 29 heavy (non-hydrogen) atoms. The zero-order valence-electron chi connectivity index (χ0n) is 16.0. The average molecular weight is 397 g/mol. The van der Waals surface area contributed by atoms with Gasteiger partial charge >= 0.3 is 0 Å². The second-order valence-corrected chi connectivity index (χ2v) is 8.93. The average Bonchev–Trinajstić information content (AvgIpc) is 3.16. The van der Waals surface area contributed by atoms with Crippen LogP contribution in [0.3, 0.4) is 0 Å². The largest absolute Gasteiger partial charge is 0.312 e. The van der Waals surface area contributed by atoms with E-state index in [1.165, 1.54) is 34.4 Å². The molecule has 0 fully saturated rings. The van der Waals surface area contributed by atoms with Crippen molar-refractivity contribution >= 4 is 33.2 Å².